The first kappa shape index (κ1) is 27.0. The molecule has 11 heteroatoms. The zero-order valence-corrected chi connectivity index (χ0v) is 24.4. The van der Waals surface area contributed by atoms with Crippen LogP contribution in [0, 0.1) is 0 Å². The summed E-state index contributed by atoms with van der Waals surface area (Å²) < 4.78 is 57.1. The molecule has 7 aromatic rings. The summed E-state index contributed by atoms with van der Waals surface area (Å²) in [6.07, 6.45) is 0. The van der Waals surface area contributed by atoms with E-state index in [-0.39, 0.29) is 31.3 Å². The van der Waals surface area contributed by atoms with Gasteiger partial charge in [0.25, 0.3) is 0 Å². The molecule has 212 valence electrons. The predicted molar refractivity (Wildman–Crippen MR) is 167 cm³/mol. The topological polar surface area (TPSA) is 138 Å². The van der Waals surface area contributed by atoms with Crippen LogP contribution in [0.1, 0.15) is 0 Å². The van der Waals surface area contributed by atoms with E-state index in [2.05, 4.69) is 4.98 Å². The number of benzene rings is 6. The number of phenolic OH excluding ortho intramolecular Hbond substituents is 1. The summed E-state index contributed by atoms with van der Waals surface area (Å²) in [5, 5.41) is 9.98. The van der Waals surface area contributed by atoms with Gasteiger partial charge in [0.1, 0.15) is 5.75 Å². The van der Waals surface area contributed by atoms with Crippen LogP contribution in [0.4, 0.5) is 0 Å². The molecular formula is C32H19NO7S3. The van der Waals surface area contributed by atoms with Gasteiger partial charge in [0.2, 0.25) is 19.7 Å². The minimum absolute atomic E-state index is 0.115. The van der Waals surface area contributed by atoms with Crippen LogP contribution in [0.15, 0.2) is 132 Å². The van der Waals surface area contributed by atoms with Crippen molar-refractivity contribution in [3.63, 3.8) is 0 Å². The highest BCUT2D eigenvalue weighted by Crippen LogP contribution is 2.37. The first-order valence-electron chi connectivity index (χ1n) is 12.9. The van der Waals surface area contributed by atoms with E-state index in [4.69, 9.17) is 0 Å². The van der Waals surface area contributed by atoms with Crippen LogP contribution in [0.2, 0.25) is 0 Å². The summed E-state index contributed by atoms with van der Waals surface area (Å²) in [4.78, 5) is 29.7. The molecule has 0 fully saturated rings. The molecule has 1 heterocycles. The third kappa shape index (κ3) is 4.08. The minimum atomic E-state index is -4.49. The number of hydrogen-bond acceptors (Lipinski definition) is 8. The van der Waals surface area contributed by atoms with E-state index in [9.17, 15) is 31.5 Å². The van der Waals surface area contributed by atoms with Gasteiger partial charge in [0.15, 0.2) is 10.9 Å². The van der Waals surface area contributed by atoms with Crippen LogP contribution in [-0.2, 0) is 19.7 Å². The molecule has 0 amide bonds. The zero-order chi connectivity index (χ0) is 30.1. The van der Waals surface area contributed by atoms with Gasteiger partial charge in [-0.15, -0.1) is 11.3 Å². The molecule has 8 nitrogen and oxygen atoms in total. The molecule has 7 rings (SSSR count). The van der Waals surface area contributed by atoms with Crippen LogP contribution in [0.3, 0.4) is 0 Å². The van der Waals surface area contributed by atoms with Crippen molar-refractivity contribution in [2.24, 2.45) is 0 Å². The van der Waals surface area contributed by atoms with E-state index in [0.29, 0.717) is 15.7 Å². The molecule has 6 aromatic carbocycles. The predicted octanol–water partition coefficient (Wildman–Crippen LogP) is 5.78. The smallest absolute Gasteiger partial charge is 0.207 e. The van der Waals surface area contributed by atoms with Crippen molar-refractivity contribution in [2.75, 3.05) is 0 Å². The second-order valence-corrected chi connectivity index (χ2v) is 14.8. The number of phenols is 1. The Morgan fingerprint density at radius 2 is 1.07 bits per heavy atom. The number of sulfone groups is 2. The average molecular weight is 626 g/mol. The first-order valence-corrected chi connectivity index (χ1v) is 16.7. The number of aromatic hydroxyl groups is 1. The molecule has 0 aliphatic rings. The number of rotatable bonds is 4. The van der Waals surface area contributed by atoms with Gasteiger partial charge in [-0.1, -0.05) is 48.5 Å². The van der Waals surface area contributed by atoms with E-state index >= 15 is 0 Å². The van der Waals surface area contributed by atoms with E-state index in [0.717, 1.165) is 16.8 Å². The lowest BCUT2D eigenvalue weighted by Gasteiger charge is -2.14. The lowest BCUT2D eigenvalue weighted by Crippen LogP contribution is -2.17. The van der Waals surface area contributed by atoms with Gasteiger partial charge < -0.3 is 10.1 Å². The van der Waals surface area contributed by atoms with Crippen LogP contribution < -0.4 is 10.9 Å². The quantitative estimate of drug-likeness (QED) is 0.187. The van der Waals surface area contributed by atoms with Gasteiger partial charge in [-0.25, -0.2) is 16.8 Å². The molecule has 0 saturated heterocycles. The number of para-hydroxylation sites is 1. The third-order valence-corrected chi connectivity index (χ3v) is 12.2. The summed E-state index contributed by atoms with van der Waals surface area (Å²) >= 11 is 1.30. The van der Waals surface area contributed by atoms with E-state index in [1.165, 1.54) is 65.9 Å². The molecule has 1 aromatic heterocycles. The standard InChI is InChI=1S/C32H19NO7S3/c34-23-17-25-30(33-22-13-7-8-14-24(22)41-25)29-28(23)31(35)20-15-26(42(37,38)18-9-3-1-4-10-18)27(16-21(20)32(29)36)43(39,40)19-11-5-2-6-12-19/h1-17,33-34H. The SMILES string of the molecule is O=c1c2cc(S(=O)(=O)c3ccccc3)c(S(=O)(=O)c3ccccc3)cc2c(=O)c2c1c(O)cc1sc3ccccc3[nH]c12. The van der Waals surface area contributed by atoms with Crippen molar-refractivity contribution in [1.29, 1.82) is 0 Å². The molecule has 0 aliphatic heterocycles. The number of H-pyrrole nitrogens is 1. The van der Waals surface area contributed by atoms with Gasteiger partial charge in [0.05, 0.1) is 50.8 Å². The van der Waals surface area contributed by atoms with Crippen molar-refractivity contribution in [2.45, 2.75) is 19.6 Å². The lowest BCUT2D eigenvalue weighted by atomic mass is 10.0. The summed E-state index contributed by atoms with van der Waals surface area (Å²) in [7, 11) is -8.98. The van der Waals surface area contributed by atoms with Gasteiger partial charge >= 0.3 is 0 Å². The molecule has 0 atom stereocenters. The molecule has 0 aliphatic carbocycles. The summed E-state index contributed by atoms with van der Waals surface area (Å²) in [5.41, 5.74) is -0.536. The normalized spacial score (nSPS) is 12.4. The number of aromatic amines is 1. The largest absolute Gasteiger partial charge is 0.507 e. The maximum absolute atomic E-state index is 14.2. The Balaban J connectivity index is 1.68. The molecule has 0 bridgehead atoms. The summed E-state index contributed by atoms with van der Waals surface area (Å²) in [6, 6.07) is 25.1. The Kier molecular flexibility index (Phi) is 6.03. The fraction of sp³-hybridized carbons (Fsp3) is 0. The van der Waals surface area contributed by atoms with Crippen LogP contribution in [-0.4, -0.2) is 26.9 Å². The highest BCUT2D eigenvalue weighted by atomic mass is 32.2. The maximum atomic E-state index is 14.2. The minimum Gasteiger partial charge on any atom is -0.507 e. The van der Waals surface area contributed by atoms with E-state index in [1.807, 2.05) is 18.2 Å². The van der Waals surface area contributed by atoms with Crippen LogP contribution in [0.25, 0.3) is 42.0 Å². The Hall–Kier alpha value is -4.84. The molecule has 0 unspecified atom stereocenters. The van der Waals surface area contributed by atoms with Crippen molar-refractivity contribution in [3.8, 4) is 5.75 Å². The molecule has 2 N–H and O–H groups in total. The van der Waals surface area contributed by atoms with Crippen LogP contribution >= 0.6 is 11.3 Å². The first-order chi connectivity index (χ1) is 20.6. The fourth-order valence-electron chi connectivity index (χ4n) is 5.30. The Morgan fingerprint density at radius 3 is 1.63 bits per heavy atom. The van der Waals surface area contributed by atoms with Crippen molar-refractivity contribution in [1.82, 2.24) is 4.98 Å². The summed E-state index contributed by atoms with van der Waals surface area (Å²) in [5.74, 6) is -0.445. The van der Waals surface area contributed by atoms with Gasteiger partial charge in [0, 0.05) is 16.8 Å². The molecule has 43 heavy (non-hydrogen) atoms. The lowest BCUT2D eigenvalue weighted by molar-refractivity contribution is 0.482. The van der Waals surface area contributed by atoms with Gasteiger partial charge in [-0.3, -0.25) is 9.59 Å². The second kappa shape index (κ2) is 9.60. The van der Waals surface area contributed by atoms with E-state index < -0.39 is 46.1 Å². The molecule has 0 radical (unpaired) electrons. The third-order valence-electron chi connectivity index (χ3n) is 7.35. The molecule has 0 saturated carbocycles. The Morgan fingerprint density at radius 1 is 0.581 bits per heavy atom. The monoisotopic (exact) mass is 625 g/mol. The average Bonchev–Trinajstić information content (AvgIpc) is 3.02. The highest BCUT2D eigenvalue weighted by molar-refractivity contribution is 7.94. The summed E-state index contributed by atoms with van der Waals surface area (Å²) in [6.45, 7) is 0. The number of aromatic nitrogens is 1. The van der Waals surface area contributed by atoms with Gasteiger partial charge in [-0.2, -0.15) is 0 Å². The van der Waals surface area contributed by atoms with Crippen molar-refractivity contribution >= 4 is 73.0 Å². The van der Waals surface area contributed by atoms with Crippen LogP contribution in [0.5, 0.6) is 5.75 Å². The zero-order valence-electron chi connectivity index (χ0n) is 21.9. The second-order valence-electron chi connectivity index (χ2n) is 9.88. The highest BCUT2D eigenvalue weighted by Gasteiger charge is 2.32. The fourth-order valence-corrected chi connectivity index (χ4v) is 9.73. The number of nitrogens with one attached hydrogen (secondary N) is 1. The molecular weight excluding hydrogens is 607 g/mol. The Bertz CT molecular complexity index is 2630. The van der Waals surface area contributed by atoms with E-state index in [1.54, 1.807) is 18.2 Å². The molecule has 0 spiro atoms. The maximum Gasteiger partial charge on any atom is 0.207 e. The number of hydrogen-bond donors (Lipinski definition) is 2. The Labute approximate surface area is 248 Å². The van der Waals surface area contributed by atoms with Crippen molar-refractivity contribution < 1.29 is 21.9 Å². The number of fused-ring (bicyclic) bond motifs is 5. The van der Waals surface area contributed by atoms with Gasteiger partial charge in [-0.05, 0) is 48.5 Å². The van der Waals surface area contributed by atoms with Crippen molar-refractivity contribution in [3.05, 3.63) is 124 Å².